The summed E-state index contributed by atoms with van der Waals surface area (Å²) in [7, 11) is -2.58. The van der Waals surface area contributed by atoms with Gasteiger partial charge in [-0.25, -0.2) is 8.42 Å². The molecular weight excluding hydrogens is 362 g/mol. The SMILES string of the molecule is COC(=O)C1COCCN1S(=O)(=O)c1ccc(C)cc1Br. The van der Waals surface area contributed by atoms with Crippen LogP contribution in [0.2, 0.25) is 0 Å². The highest BCUT2D eigenvalue weighted by atomic mass is 79.9. The van der Waals surface area contributed by atoms with Crippen molar-refractivity contribution < 1.29 is 22.7 Å². The average Bonchev–Trinajstić information content (AvgIpc) is 2.46. The Balaban J connectivity index is 2.43. The van der Waals surface area contributed by atoms with Crippen molar-refractivity contribution in [3.63, 3.8) is 0 Å². The lowest BCUT2D eigenvalue weighted by Crippen LogP contribution is -2.52. The van der Waals surface area contributed by atoms with Gasteiger partial charge in [-0.2, -0.15) is 4.31 Å². The molecule has 8 heteroatoms. The van der Waals surface area contributed by atoms with Gasteiger partial charge < -0.3 is 9.47 Å². The average molecular weight is 378 g/mol. The Morgan fingerprint density at radius 1 is 1.48 bits per heavy atom. The van der Waals surface area contributed by atoms with Crippen molar-refractivity contribution in [2.45, 2.75) is 17.9 Å². The molecular formula is C13H16BrNO5S. The first kappa shape index (κ1) is 16.4. The summed E-state index contributed by atoms with van der Waals surface area (Å²) in [6.07, 6.45) is 0. The Kier molecular flexibility index (Phi) is 5.03. The zero-order chi connectivity index (χ0) is 15.6. The van der Waals surface area contributed by atoms with Crippen molar-refractivity contribution in [3.8, 4) is 0 Å². The lowest BCUT2D eigenvalue weighted by atomic mass is 10.2. The second kappa shape index (κ2) is 6.43. The number of carbonyl (C=O) groups is 1. The van der Waals surface area contributed by atoms with Crippen LogP contribution in [0.3, 0.4) is 0 Å². The topological polar surface area (TPSA) is 72.9 Å². The Morgan fingerprint density at radius 3 is 2.81 bits per heavy atom. The minimum atomic E-state index is -3.81. The van der Waals surface area contributed by atoms with Crippen LogP contribution >= 0.6 is 15.9 Å². The molecule has 1 fully saturated rings. The quantitative estimate of drug-likeness (QED) is 0.742. The van der Waals surface area contributed by atoms with Crippen LogP contribution in [0.5, 0.6) is 0 Å². The standard InChI is InChI=1S/C13H16BrNO5S/c1-9-3-4-12(10(14)7-9)21(17,18)15-5-6-20-8-11(15)13(16)19-2/h3-4,7,11H,5-6,8H2,1-2H3. The number of rotatable bonds is 3. The van der Waals surface area contributed by atoms with E-state index in [9.17, 15) is 13.2 Å². The molecule has 1 aromatic rings. The number of ether oxygens (including phenoxy) is 2. The lowest BCUT2D eigenvalue weighted by Gasteiger charge is -2.32. The van der Waals surface area contributed by atoms with Crippen LogP contribution in [-0.4, -0.2) is 51.6 Å². The van der Waals surface area contributed by atoms with E-state index in [2.05, 4.69) is 20.7 Å². The van der Waals surface area contributed by atoms with Crippen LogP contribution in [0, 0.1) is 6.92 Å². The number of hydrogen-bond donors (Lipinski definition) is 0. The first-order chi connectivity index (χ1) is 9.87. The number of esters is 1. The Hall–Kier alpha value is -0.960. The van der Waals surface area contributed by atoms with Crippen molar-refractivity contribution in [1.29, 1.82) is 0 Å². The van der Waals surface area contributed by atoms with Crippen LogP contribution in [-0.2, 0) is 24.3 Å². The highest BCUT2D eigenvalue weighted by molar-refractivity contribution is 9.10. The largest absolute Gasteiger partial charge is 0.468 e. The van der Waals surface area contributed by atoms with Crippen LogP contribution in [0.1, 0.15) is 5.56 Å². The molecule has 0 bridgehead atoms. The van der Waals surface area contributed by atoms with Gasteiger partial charge in [0.2, 0.25) is 10.0 Å². The van der Waals surface area contributed by atoms with Crippen molar-refractivity contribution in [1.82, 2.24) is 4.31 Å². The maximum Gasteiger partial charge on any atom is 0.326 e. The van der Waals surface area contributed by atoms with Gasteiger partial charge in [0.15, 0.2) is 0 Å². The van der Waals surface area contributed by atoms with Gasteiger partial charge in [-0.05, 0) is 40.5 Å². The highest BCUT2D eigenvalue weighted by Crippen LogP contribution is 2.28. The molecule has 0 aliphatic carbocycles. The van der Waals surface area contributed by atoms with Gasteiger partial charge in [0.1, 0.15) is 6.04 Å². The molecule has 116 valence electrons. The molecule has 6 nitrogen and oxygen atoms in total. The monoisotopic (exact) mass is 377 g/mol. The molecule has 1 saturated heterocycles. The van der Waals surface area contributed by atoms with E-state index < -0.39 is 22.0 Å². The summed E-state index contributed by atoms with van der Waals surface area (Å²) < 4.78 is 37.0. The van der Waals surface area contributed by atoms with Gasteiger partial charge >= 0.3 is 5.97 Å². The fraction of sp³-hybridized carbons (Fsp3) is 0.462. The first-order valence-electron chi connectivity index (χ1n) is 6.31. The third kappa shape index (κ3) is 3.28. The molecule has 0 spiro atoms. The molecule has 2 rings (SSSR count). The second-order valence-electron chi connectivity index (χ2n) is 4.66. The summed E-state index contributed by atoms with van der Waals surface area (Å²) in [6.45, 7) is 2.22. The molecule has 0 amide bonds. The molecule has 21 heavy (non-hydrogen) atoms. The van der Waals surface area contributed by atoms with E-state index in [1.165, 1.54) is 13.2 Å². The first-order valence-corrected chi connectivity index (χ1v) is 8.55. The van der Waals surface area contributed by atoms with Crippen molar-refractivity contribution in [2.24, 2.45) is 0 Å². The third-order valence-corrected chi connectivity index (χ3v) is 6.11. The van der Waals surface area contributed by atoms with Gasteiger partial charge in [0.25, 0.3) is 0 Å². The molecule has 0 radical (unpaired) electrons. The maximum atomic E-state index is 12.8. The summed E-state index contributed by atoms with van der Waals surface area (Å²) in [5, 5.41) is 0. The number of sulfonamides is 1. The van der Waals surface area contributed by atoms with Gasteiger partial charge in [0, 0.05) is 11.0 Å². The number of morpholine rings is 1. The zero-order valence-electron chi connectivity index (χ0n) is 11.7. The van der Waals surface area contributed by atoms with Crippen LogP contribution < -0.4 is 0 Å². The second-order valence-corrected chi connectivity index (χ2v) is 7.38. The van der Waals surface area contributed by atoms with E-state index in [1.54, 1.807) is 12.1 Å². The van der Waals surface area contributed by atoms with Crippen LogP contribution in [0.25, 0.3) is 0 Å². The summed E-state index contributed by atoms with van der Waals surface area (Å²) in [5.74, 6) is -0.624. The van der Waals surface area contributed by atoms with E-state index >= 15 is 0 Å². The van der Waals surface area contributed by atoms with E-state index in [-0.39, 0.29) is 24.7 Å². The normalized spacial score (nSPS) is 20.2. The number of benzene rings is 1. The van der Waals surface area contributed by atoms with Gasteiger partial charge in [-0.1, -0.05) is 6.07 Å². The minimum Gasteiger partial charge on any atom is -0.468 e. The van der Waals surface area contributed by atoms with E-state index in [1.807, 2.05) is 6.92 Å². The van der Waals surface area contributed by atoms with Crippen molar-refractivity contribution in [3.05, 3.63) is 28.2 Å². The Bertz CT molecular complexity index is 646. The number of carbonyl (C=O) groups excluding carboxylic acids is 1. The molecule has 1 atom stereocenters. The molecule has 0 saturated carbocycles. The number of halogens is 1. The van der Waals surface area contributed by atoms with E-state index in [0.717, 1.165) is 9.87 Å². The number of methoxy groups -OCH3 is 1. The Morgan fingerprint density at radius 2 is 2.19 bits per heavy atom. The smallest absolute Gasteiger partial charge is 0.326 e. The highest BCUT2D eigenvalue weighted by Gasteiger charge is 2.39. The van der Waals surface area contributed by atoms with Crippen LogP contribution in [0.15, 0.2) is 27.6 Å². The lowest BCUT2D eigenvalue weighted by molar-refractivity contribution is -0.149. The number of nitrogens with zero attached hydrogens (tertiary/aromatic N) is 1. The van der Waals surface area contributed by atoms with Crippen molar-refractivity contribution in [2.75, 3.05) is 26.9 Å². The van der Waals surface area contributed by atoms with Gasteiger partial charge in [-0.3, -0.25) is 4.79 Å². The van der Waals surface area contributed by atoms with Crippen molar-refractivity contribution >= 4 is 31.9 Å². The van der Waals surface area contributed by atoms with E-state index in [0.29, 0.717) is 4.47 Å². The minimum absolute atomic E-state index is 0.00458. The molecule has 1 aromatic carbocycles. The fourth-order valence-corrected chi connectivity index (χ4v) is 4.84. The van der Waals surface area contributed by atoms with Gasteiger partial charge in [0.05, 0.1) is 25.2 Å². The van der Waals surface area contributed by atoms with Crippen LogP contribution in [0.4, 0.5) is 0 Å². The number of hydrogen-bond acceptors (Lipinski definition) is 5. The predicted octanol–water partition coefficient (Wildman–Crippen LogP) is 1.32. The summed E-state index contributed by atoms with van der Waals surface area (Å²) in [4.78, 5) is 11.9. The summed E-state index contributed by atoms with van der Waals surface area (Å²) in [5.41, 5.74) is 0.937. The Labute approximate surface area is 132 Å². The van der Waals surface area contributed by atoms with Gasteiger partial charge in [-0.15, -0.1) is 0 Å². The maximum absolute atomic E-state index is 12.8. The van der Waals surface area contributed by atoms with E-state index in [4.69, 9.17) is 4.74 Å². The predicted molar refractivity (Wildman–Crippen MR) is 79.4 cm³/mol. The summed E-state index contributed by atoms with van der Waals surface area (Å²) in [6, 6.07) is 4.01. The molecule has 0 aromatic heterocycles. The fourth-order valence-electron chi connectivity index (χ4n) is 2.14. The third-order valence-electron chi connectivity index (χ3n) is 3.23. The molecule has 1 aliphatic rings. The molecule has 1 unspecified atom stereocenters. The zero-order valence-corrected chi connectivity index (χ0v) is 14.1. The molecule has 0 N–H and O–H groups in total. The summed E-state index contributed by atoms with van der Waals surface area (Å²) >= 11 is 3.27. The molecule has 1 heterocycles. The number of aryl methyl sites for hydroxylation is 1. The molecule has 1 aliphatic heterocycles.